The van der Waals surface area contributed by atoms with Crippen LogP contribution in [0.25, 0.3) is 0 Å². The molecule has 2 rings (SSSR count). The molecule has 0 radical (unpaired) electrons. The summed E-state index contributed by atoms with van der Waals surface area (Å²) in [6.45, 7) is 0. The zero-order valence-electron chi connectivity index (χ0n) is 8.89. The van der Waals surface area contributed by atoms with Gasteiger partial charge in [-0.2, -0.15) is 5.10 Å². The van der Waals surface area contributed by atoms with Crippen LogP contribution in [0.5, 0.6) is 5.88 Å². The first-order chi connectivity index (χ1) is 7.70. The molecule has 0 unspecified atom stereocenters. The first-order valence-electron chi connectivity index (χ1n) is 4.60. The summed E-state index contributed by atoms with van der Waals surface area (Å²) in [7, 11) is 3.17. The molecule has 0 saturated heterocycles. The Hall–Kier alpha value is -2.31. The summed E-state index contributed by atoms with van der Waals surface area (Å²) in [6.07, 6.45) is 1.62. The van der Waals surface area contributed by atoms with E-state index in [1.807, 2.05) is 0 Å². The number of nitrogens with one attached hydrogen (secondary N) is 2. The van der Waals surface area contributed by atoms with Crippen LogP contribution in [0.2, 0.25) is 0 Å². The summed E-state index contributed by atoms with van der Waals surface area (Å²) < 4.78 is 6.37. The molecule has 2 N–H and O–H groups in total. The third kappa shape index (κ3) is 1.88. The van der Waals surface area contributed by atoms with Crippen LogP contribution in [0.1, 0.15) is 10.5 Å². The molecule has 0 bridgehead atoms. The Balaban J connectivity index is 2.17. The number of carbonyl (C=O) groups excluding carboxylic acids is 1. The lowest BCUT2D eigenvalue weighted by atomic mass is 10.4. The van der Waals surface area contributed by atoms with Gasteiger partial charge >= 0.3 is 0 Å². The van der Waals surface area contributed by atoms with E-state index in [0.717, 1.165) is 0 Å². The van der Waals surface area contributed by atoms with Gasteiger partial charge in [0.2, 0.25) is 5.88 Å². The van der Waals surface area contributed by atoms with Crippen molar-refractivity contribution in [3.8, 4) is 5.88 Å². The molecule has 0 saturated carbocycles. The maximum atomic E-state index is 11.8. The number of carbonyl (C=O) groups is 1. The zero-order chi connectivity index (χ0) is 11.5. The lowest BCUT2D eigenvalue weighted by Gasteiger charge is -2.00. The Labute approximate surface area is 91.4 Å². The Kier molecular flexibility index (Phi) is 2.59. The summed E-state index contributed by atoms with van der Waals surface area (Å²) >= 11 is 0. The standard InChI is InChI=1S/C9H11N5O2/c1-14-6(5-8(13-14)16-2)9(15)11-7-3-4-10-12-7/h3-5H,1-2H3,(H2,10,11,12,15). The molecule has 7 heteroatoms. The Morgan fingerprint density at radius 3 is 3.00 bits per heavy atom. The number of ether oxygens (including phenoxy) is 1. The molecule has 2 aromatic heterocycles. The van der Waals surface area contributed by atoms with E-state index >= 15 is 0 Å². The highest BCUT2D eigenvalue weighted by molar-refractivity contribution is 6.02. The fraction of sp³-hybridized carbons (Fsp3) is 0.222. The molecule has 0 spiro atoms. The minimum absolute atomic E-state index is 0.287. The Bertz CT molecular complexity index is 488. The molecule has 1 amide bonds. The third-order valence-electron chi connectivity index (χ3n) is 2.04. The highest BCUT2D eigenvalue weighted by Gasteiger charge is 2.14. The number of aromatic nitrogens is 4. The predicted molar refractivity (Wildman–Crippen MR) is 56.3 cm³/mol. The summed E-state index contributed by atoms with van der Waals surface area (Å²) in [4.78, 5) is 11.8. The molecule has 2 heterocycles. The number of amides is 1. The van der Waals surface area contributed by atoms with Crippen molar-refractivity contribution in [3.05, 3.63) is 24.0 Å². The van der Waals surface area contributed by atoms with Crippen LogP contribution >= 0.6 is 0 Å². The number of H-pyrrole nitrogens is 1. The van der Waals surface area contributed by atoms with Crippen LogP contribution in [-0.4, -0.2) is 33.0 Å². The van der Waals surface area contributed by atoms with Crippen molar-refractivity contribution in [1.82, 2.24) is 20.0 Å². The van der Waals surface area contributed by atoms with Crippen molar-refractivity contribution in [2.24, 2.45) is 7.05 Å². The van der Waals surface area contributed by atoms with Gasteiger partial charge in [0.25, 0.3) is 5.91 Å². The molecule has 2 aromatic rings. The van der Waals surface area contributed by atoms with E-state index in [0.29, 0.717) is 17.4 Å². The number of aromatic amines is 1. The highest BCUT2D eigenvalue weighted by Crippen LogP contribution is 2.11. The molecule has 84 valence electrons. The second-order valence-corrected chi connectivity index (χ2v) is 3.11. The minimum Gasteiger partial charge on any atom is -0.480 e. The van der Waals surface area contributed by atoms with Crippen LogP contribution in [0.3, 0.4) is 0 Å². The molecule has 0 aliphatic rings. The monoisotopic (exact) mass is 221 g/mol. The van der Waals surface area contributed by atoms with E-state index in [2.05, 4.69) is 20.6 Å². The molecule has 16 heavy (non-hydrogen) atoms. The zero-order valence-corrected chi connectivity index (χ0v) is 8.89. The molecule has 0 aromatic carbocycles. The fourth-order valence-electron chi connectivity index (χ4n) is 1.26. The quantitative estimate of drug-likeness (QED) is 0.785. The van der Waals surface area contributed by atoms with Gasteiger partial charge in [-0.3, -0.25) is 14.6 Å². The Morgan fingerprint density at radius 1 is 1.62 bits per heavy atom. The maximum absolute atomic E-state index is 11.8. The normalized spacial score (nSPS) is 10.1. The fourth-order valence-corrected chi connectivity index (χ4v) is 1.26. The van der Waals surface area contributed by atoms with Gasteiger partial charge in [0.1, 0.15) is 5.69 Å². The van der Waals surface area contributed by atoms with E-state index in [1.165, 1.54) is 11.8 Å². The molecule has 0 fully saturated rings. The van der Waals surface area contributed by atoms with Gasteiger partial charge < -0.3 is 10.1 Å². The van der Waals surface area contributed by atoms with E-state index in [4.69, 9.17) is 4.74 Å². The smallest absolute Gasteiger partial charge is 0.275 e. The summed E-state index contributed by atoms with van der Waals surface area (Å²) in [5, 5.41) is 13.0. The second-order valence-electron chi connectivity index (χ2n) is 3.11. The predicted octanol–water partition coefficient (Wildman–Crippen LogP) is 0.404. The van der Waals surface area contributed by atoms with Crippen LogP contribution in [-0.2, 0) is 7.05 Å². The van der Waals surface area contributed by atoms with Gasteiger partial charge in [0.05, 0.1) is 7.11 Å². The van der Waals surface area contributed by atoms with E-state index in [9.17, 15) is 4.79 Å². The van der Waals surface area contributed by atoms with E-state index in [1.54, 1.807) is 25.4 Å². The SMILES string of the molecule is COc1cc(C(=O)Nc2cc[nH]n2)n(C)n1. The first-order valence-corrected chi connectivity index (χ1v) is 4.60. The number of hydrogen-bond acceptors (Lipinski definition) is 4. The van der Waals surface area contributed by atoms with Crippen molar-refractivity contribution in [2.45, 2.75) is 0 Å². The second kappa shape index (κ2) is 4.05. The van der Waals surface area contributed by atoms with Crippen LogP contribution in [0, 0.1) is 0 Å². The van der Waals surface area contributed by atoms with Crippen molar-refractivity contribution in [2.75, 3.05) is 12.4 Å². The highest BCUT2D eigenvalue weighted by atomic mass is 16.5. The van der Waals surface area contributed by atoms with E-state index in [-0.39, 0.29) is 5.91 Å². The lowest BCUT2D eigenvalue weighted by Crippen LogP contribution is -2.16. The van der Waals surface area contributed by atoms with E-state index < -0.39 is 0 Å². The number of methoxy groups -OCH3 is 1. The van der Waals surface area contributed by atoms with Gasteiger partial charge in [-0.05, 0) is 0 Å². The molecule has 0 atom stereocenters. The van der Waals surface area contributed by atoms with Gasteiger partial charge in [0.15, 0.2) is 5.82 Å². The summed E-state index contributed by atoms with van der Waals surface area (Å²) in [5.74, 6) is 0.574. The number of aryl methyl sites for hydroxylation is 1. The largest absolute Gasteiger partial charge is 0.480 e. The van der Waals surface area contributed by atoms with Crippen LogP contribution in [0.15, 0.2) is 18.3 Å². The number of rotatable bonds is 3. The van der Waals surface area contributed by atoms with Gasteiger partial charge in [0, 0.05) is 25.4 Å². The topological polar surface area (TPSA) is 84.8 Å². The number of hydrogen-bond donors (Lipinski definition) is 2. The lowest BCUT2D eigenvalue weighted by molar-refractivity contribution is 0.101. The summed E-state index contributed by atoms with van der Waals surface area (Å²) in [5.41, 5.74) is 0.403. The number of nitrogens with zero attached hydrogens (tertiary/aromatic N) is 3. The van der Waals surface area contributed by atoms with Crippen LogP contribution < -0.4 is 10.1 Å². The molecule has 0 aliphatic heterocycles. The van der Waals surface area contributed by atoms with Crippen LogP contribution in [0.4, 0.5) is 5.82 Å². The average Bonchev–Trinajstić information content (AvgIpc) is 2.87. The maximum Gasteiger partial charge on any atom is 0.275 e. The Morgan fingerprint density at radius 2 is 2.44 bits per heavy atom. The van der Waals surface area contributed by atoms with Crippen molar-refractivity contribution >= 4 is 11.7 Å². The minimum atomic E-state index is -0.287. The van der Waals surface area contributed by atoms with Gasteiger partial charge in [-0.1, -0.05) is 0 Å². The molecular weight excluding hydrogens is 210 g/mol. The number of anilines is 1. The molecule has 7 nitrogen and oxygen atoms in total. The van der Waals surface area contributed by atoms with Gasteiger partial charge in [-0.25, -0.2) is 0 Å². The molecule has 0 aliphatic carbocycles. The third-order valence-corrected chi connectivity index (χ3v) is 2.04. The first kappa shape index (κ1) is 10.2. The van der Waals surface area contributed by atoms with Crippen molar-refractivity contribution in [3.63, 3.8) is 0 Å². The van der Waals surface area contributed by atoms with Crippen molar-refractivity contribution < 1.29 is 9.53 Å². The summed E-state index contributed by atoms with van der Waals surface area (Å²) in [6, 6.07) is 3.22. The van der Waals surface area contributed by atoms with Crippen molar-refractivity contribution in [1.29, 1.82) is 0 Å². The van der Waals surface area contributed by atoms with Gasteiger partial charge in [-0.15, -0.1) is 5.10 Å². The average molecular weight is 221 g/mol. The molecular formula is C9H11N5O2.